The molecule has 1 rings (SSSR count). The van der Waals surface area contributed by atoms with E-state index in [1.54, 1.807) is 7.11 Å². The van der Waals surface area contributed by atoms with Gasteiger partial charge in [0.15, 0.2) is 5.84 Å². The van der Waals surface area contributed by atoms with Crippen molar-refractivity contribution in [3.8, 4) is 0 Å². The molecule has 5 nitrogen and oxygen atoms in total. The molecule has 0 spiro atoms. The van der Waals surface area contributed by atoms with Crippen LogP contribution in [0.1, 0.15) is 12.8 Å². The molecule has 3 N–H and O–H groups in total. The first-order valence-electron chi connectivity index (χ1n) is 4.94. The molecule has 0 aliphatic carbocycles. The molecule has 0 bridgehead atoms. The number of piperidine rings is 1. The van der Waals surface area contributed by atoms with Crippen molar-refractivity contribution in [2.45, 2.75) is 12.8 Å². The molecule has 0 aromatic carbocycles. The summed E-state index contributed by atoms with van der Waals surface area (Å²) in [6.07, 6.45) is 2.37. The summed E-state index contributed by atoms with van der Waals surface area (Å²) in [4.78, 5) is 2.20. The Balaban J connectivity index is 2.32. The predicted octanol–water partition coefficient (Wildman–Crippen LogP) is 0.0912. The lowest BCUT2D eigenvalue weighted by Gasteiger charge is -2.31. The van der Waals surface area contributed by atoms with Crippen LogP contribution in [-0.4, -0.2) is 49.3 Å². The number of amidine groups is 1. The molecule has 5 heteroatoms. The van der Waals surface area contributed by atoms with Gasteiger partial charge in [-0.15, -0.1) is 0 Å². The first kappa shape index (κ1) is 11.3. The lowest BCUT2D eigenvalue weighted by molar-refractivity contribution is 0.0972. The smallest absolute Gasteiger partial charge is 0.153 e. The molecule has 0 radical (unpaired) electrons. The lowest BCUT2D eigenvalue weighted by Crippen LogP contribution is -2.41. The van der Waals surface area contributed by atoms with Gasteiger partial charge in [-0.2, -0.15) is 0 Å². The van der Waals surface area contributed by atoms with Crippen molar-refractivity contribution in [1.82, 2.24) is 4.90 Å². The number of hydrogen-bond acceptors (Lipinski definition) is 4. The standard InChI is InChI=1S/C9H19N3O2/c1-14-7-8-3-2-4-12(5-8)6-9(10)11-13/h8,13H,2-7H2,1H3,(H2,10,11)/t8-/m1/s1. The van der Waals surface area contributed by atoms with Gasteiger partial charge >= 0.3 is 0 Å². The third-order valence-corrected chi connectivity index (χ3v) is 2.52. The van der Waals surface area contributed by atoms with Crippen LogP contribution in [0.3, 0.4) is 0 Å². The maximum atomic E-state index is 8.45. The van der Waals surface area contributed by atoms with Crippen LogP contribution in [-0.2, 0) is 4.74 Å². The number of nitrogens with two attached hydrogens (primary N) is 1. The Morgan fingerprint density at radius 1 is 1.71 bits per heavy atom. The maximum Gasteiger partial charge on any atom is 0.153 e. The van der Waals surface area contributed by atoms with E-state index in [0.29, 0.717) is 12.5 Å². The van der Waals surface area contributed by atoms with Crippen molar-refractivity contribution in [3.05, 3.63) is 0 Å². The summed E-state index contributed by atoms with van der Waals surface area (Å²) in [7, 11) is 1.72. The van der Waals surface area contributed by atoms with Crippen LogP contribution in [0.15, 0.2) is 5.16 Å². The predicted molar refractivity (Wildman–Crippen MR) is 54.4 cm³/mol. The van der Waals surface area contributed by atoms with Gasteiger partial charge in [0.05, 0.1) is 13.2 Å². The minimum absolute atomic E-state index is 0.281. The average molecular weight is 201 g/mol. The van der Waals surface area contributed by atoms with Crippen LogP contribution in [0, 0.1) is 5.92 Å². The highest BCUT2D eigenvalue weighted by Gasteiger charge is 2.20. The van der Waals surface area contributed by atoms with E-state index in [1.807, 2.05) is 0 Å². The number of nitrogens with zero attached hydrogens (tertiary/aromatic N) is 2. The van der Waals surface area contributed by atoms with E-state index >= 15 is 0 Å². The minimum atomic E-state index is 0.281. The molecule has 1 aliphatic rings. The van der Waals surface area contributed by atoms with E-state index in [0.717, 1.165) is 26.1 Å². The second-order valence-corrected chi connectivity index (χ2v) is 3.79. The van der Waals surface area contributed by atoms with Crippen molar-refractivity contribution in [2.75, 3.05) is 33.4 Å². The van der Waals surface area contributed by atoms with Gasteiger partial charge < -0.3 is 15.7 Å². The molecule has 0 aromatic heterocycles. The normalized spacial score (nSPS) is 25.2. The Morgan fingerprint density at radius 2 is 2.50 bits per heavy atom. The summed E-state index contributed by atoms with van der Waals surface area (Å²) in [5.41, 5.74) is 5.45. The molecule has 1 saturated heterocycles. The second kappa shape index (κ2) is 5.82. The Morgan fingerprint density at radius 3 is 3.14 bits per heavy atom. The van der Waals surface area contributed by atoms with E-state index in [4.69, 9.17) is 15.7 Å². The summed E-state index contributed by atoms with van der Waals surface area (Å²) in [5.74, 6) is 0.864. The number of ether oxygens (including phenoxy) is 1. The van der Waals surface area contributed by atoms with Crippen LogP contribution in [0.5, 0.6) is 0 Å². The van der Waals surface area contributed by atoms with Crippen molar-refractivity contribution >= 4 is 5.84 Å². The first-order chi connectivity index (χ1) is 6.76. The summed E-state index contributed by atoms with van der Waals surface area (Å²) in [6, 6.07) is 0. The van der Waals surface area contributed by atoms with E-state index in [2.05, 4.69) is 10.1 Å². The van der Waals surface area contributed by atoms with E-state index in [9.17, 15) is 0 Å². The number of rotatable bonds is 4. The molecule has 14 heavy (non-hydrogen) atoms. The Bertz CT molecular complexity index is 194. The van der Waals surface area contributed by atoms with Crippen molar-refractivity contribution in [3.63, 3.8) is 0 Å². The highest BCUT2D eigenvalue weighted by molar-refractivity contribution is 5.81. The van der Waals surface area contributed by atoms with Gasteiger partial charge in [-0.3, -0.25) is 4.90 Å². The number of hydrogen-bond donors (Lipinski definition) is 2. The third kappa shape index (κ3) is 3.51. The Kier molecular flexibility index (Phi) is 4.69. The van der Waals surface area contributed by atoms with Gasteiger partial charge in [0.25, 0.3) is 0 Å². The van der Waals surface area contributed by atoms with Crippen molar-refractivity contribution in [2.24, 2.45) is 16.8 Å². The van der Waals surface area contributed by atoms with Gasteiger partial charge in [0.2, 0.25) is 0 Å². The van der Waals surface area contributed by atoms with E-state index in [-0.39, 0.29) is 5.84 Å². The van der Waals surface area contributed by atoms with Gasteiger partial charge in [-0.25, -0.2) is 0 Å². The molecule has 82 valence electrons. The largest absolute Gasteiger partial charge is 0.409 e. The highest BCUT2D eigenvalue weighted by Crippen LogP contribution is 2.15. The summed E-state index contributed by atoms with van der Waals surface area (Å²) < 4.78 is 5.12. The van der Waals surface area contributed by atoms with Crippen LogP contribution < -0.4 is 5.73 Å². The Hall–Kier alpha value is -0.810. The number of methoxy groups -OCH3 is 1. The molecule has 0 amide bonds. The second-order valence-electron chi connectivity index (χ2n) is 3.79. The molecular formula is C9H19N3O2. The molecular weight excluding hydrogens is 182 g/mol. The summed E-state index contributed by atoms with van der Waals surface area (Å²) >= 11 is 0. The Labute approximate surface area is 84.5 Å². The number of likely N-dealkylation sites (tertiary alicyclic amines) is 1. The monoisotopic (exact) mass is 201 g/mol. The van der Waals surface area contributed by atoms with Crippen LogP contribution in [0.4, 0.5) is 0 Å². The van der Waals surface area contributed by atoms with Gasteiger partial charge in [0.1, 0.15) is 0 Å². The highest BCUT2D eigenvalue weighted by atomic mass is 16.5. The fraction of sp³-hybridized carbons (Fsp3) is 0.889. The van der Waals surface area contributed by atoms with Crippen LogP contribution in [0.2, 0.25) is 0 Å². The van der Waals surface area contributed by atoms with Gasteiger partial charge in [-0.05, 0) is 25.3 Å². The molecule has 1 fully saturated rings. The van der Waals surface area contributed by atoms with Crippen molar-refractivity contribution in [1.29, 1.82) is 0 Å². The molecule has 0 aromatic rings. The molecule has 1 aliphatic heterocycles. The lowest BCUT2D eigenvalue weighted by atomic mass is 9.99. The molecule has 1 heterocycles. The van der Waals surface area contributed by atoms with E-state index in [1.165, 1.54) is 6.42 Å². The topological polar surface area (TPSA) is 71.1 Å². The third-order valence-electron chi connectivity index (χ3n) is 2.52. The SMILES string of the molecule is COC[C@@H]1CCCN(C/C(N)=N\O)C1. The van der Waals surface area contributed by atoms with Crippen LogP contribution >= 0.6 is 0 Å². The quantitative estimate of drug-likeness (QED) is 0.293. The van der Waals surface area contributed by atoms with Gasteiger partial charge in [-0.1, -0.05) is 5.16 Å². The number of oxime groups is 1. The maximum absolute atomic E-state index is 8.45. The average Bonchev–Trinajstić information content (AvgIpc) is 2.19. The van der Waals surface area contributed by atoms with Crippen LogP contribution in [0.25, 0.3) is 0 Å². The molecule has 0 saturated carbocycles. The van der Waals surface area contributed by atoms with Crippen molar-refractivity contribution < 1.29 is 9.94 Å². The van der Waals surface area contributed by atoms with Gasteiger partial charge in [0, 0.05) is 13.7 Å². The molecule has 0 unspecified atom stereocenters. The zero-order valence-corrected chi connectivity index (χ0v) is 8.65. The summed E-state index contributed by atoms with van der Waals surface area (Å²) in [5, 5.41) is 11.4. The zero-order valence-electron chi connectivity index (χ0n) is 8.65. The fourth-order valence-corrected chi connectivity index (χ4v) is 1.93. The fourth-order valence-electron chi connectivity index (χ4n) is 1.93. The summed E-state index contributed by atoms with van der Waals surface area (Å²) in [6.45, 7) is 3.35. The first-order valence-corrected chi connectivity index (χ1v) is 4.94. The van der Waals surface area contributed by atoms with E-state index < -0.39 is 0 Å². The zero-order chi connectivity index (χ0) is 10.4. The molecule has 1 atom stereocenters. The minimum Gasteiger partial charge on any atom is -0.409 e.